The number of aliphatic carboxylic acids is 2. The molecule has 0 heterocycles. The molecule has 0 aliphatic heterocycles. The van der Waals surface area contributed by atoms with E-state index < -0.39 is 24.3 Å². The van der Waals surface area contributed by atoms with Gasteiger partial charge < -0.3 is 0 Å². The zero-order valence-electron chi connectivity index (χ0n) is 9.28. The average Bonchev–Trinajstić information content (AvgIpc) is 2.30. The summed E-state index contributed by atoms with van der Waals surface area (Å²) in [5.74, 6) is -1.77. The van der Waals surface area contributed by atoms with E-state index in [2.05, 4.69) is 0 Å². The number of rotatable bonds is 7. The Balaban J connectivity index is 2.71. The van der Waals surface area contributed by atoms with E-state index in [9.17, 15) is 9.59 Å². The molecule has 0 spiro atoms. The molecule has 98 valence electrons. The zero-order chi connectivity index (χ0) is 13.5. The summed E-state index contributed by atoms with van der Waals surface area (Å²) in [6.07, 6.45) is 0. The third-order valence-corrected chi connectivity index (χ3v) is 14.5. The van der Waals surface area contributed by atoms with Crippen LogP contribution in [-0.2, 0) is 9.59 Å². The standard InChI is InChI=1S/C10H12AsNO4S2/c12-8-3-1-7(2-4-8)11(17-5-9(13)14)18-6-10(15)16/h1-4H,5-6,12H2,(H,13,14)(H,15,16). The van der Waals surface area contributed by atoms with Crippen molar-refractivity contribution in [1.82, 2.24) is 0 Å². The van der Waals surface area contributed by atoms with Gasteiger partial charge in [-0.2, -0.15) is 0 Å². The third kappa shape index (κ3) is 5.71. The fourth-order valence-corrected chi connectivity index (χ4v) is 11.9. The monoisotopic (exact) mass is 349 g/mol. The van der Waals surface area contributed by atoms with Crippen LogP contribution in [0.2, 0.25) is 0 Å². The van der Waals surface area contributed by atoms with Gasteiger partial charge in [0.1, 0.15) is 0 Å². The van der Waals surface area contributed by atoms with Crippen LogP contribution in [0.15, 0.2) is 24.3 Å². The Labute approximate surface area is 115 Å². The third-order valence-electron chi connectivity index (χ3n) is 1.71. The molecule has 0 saturated heterocycles. The van der Waals surface area contributed by atoms with Crippen LogP contribution < -0.4 is 10.1 Å². The maximum atomic E-state index is 10.6. The van der Waals surface area contributed by atoms with Gasteiger partial charge in [0.05, 0.1) is 0 Å². The predicted molar refractivity (Wildman–Crippen MR) is 76.4 cm³/mol. The van der Waals surface area contributed by atoms with Crippen LogP contribution in [0.3, 0.4) is 0 Å². The summed E-state index contributed by atoms with van der Waals surface area (Å²) in [5, 5.41) is 17.4. The molecule has 8 heteroatoms. The molecule has 0 saturated carbocycles. The molecule has 1 aromatic rings. The summed E-state index contributed by atoms with van der Waals surface area (Å²) in [5.41, 5.74) is 6.22. The van der Waals surface area contributed by atoms with E-state index in [1.54, 1.807) is 12.1 Å². The molecule has 0 aromatic heterocycles. The Morgan fingerprint density at radius 3 is 1.89 bits per heavy atom. The maximum absolute atomic E-state index is 10.6. The SMILES string of the molecule is Nc1ccc([As](SCC(=O)O)SCC(=O)O)cc1. The second-order valence-corrected chi connectivity index (χ2v) is 14.7. The Kier molecular flexibility index (Phi) is 6.46. The first-order valence-electron chi connectivity index (χ1n) is 4.84. The van der Waals surface area contributed by atoms with Crippen molar-refractivity contribution >= 4 is 54.4 Å². The molecule has 1 aromatic carbocycles. The van der Waals surface area contributed by atoms with Crippen molar-refractivity contribution in [2.75, 3.05) is 17.2 Å². The van der Waals surface area contributed by atoms with Gasteiger partial charge in [-0.3, -0.25) is 0 Å². The zero-order valence-corrected chi connectivity index (χ0v) is 12.8. The van der Waals surface area contributed by atoms with Crippen molar-refractivity contribution in [3.63, 3.8) is 0 Å². The molecular formula is C10H12AsNO4S2. The minimum atomic E-state index is -1.78. The van der Waals surface area contributed by atoms with Crippen molar-refractivity contribution in [3.8, 4) is 0 Å². The molecule has 0 radical (unpaired) electrons. The fraction of sp³-hybridized carbons (Fsp3) is 0.200. The summed E-state index contributed by atoms with van der Waals surface area (Å²) >= 11 is -1.78. The number of hydrogen-bond donors (Lipinski definition) is 3. The van der Waals surface area contributed by atoms with E-state index in [0.29, 0.717) is 5.69 Å². The topological polar surface area (TPSA) is 101 Å². The summed E-state index contributed by atoms with van der Waals surface area (Å²) in [6, 6.07) is 7.19. The second-order valence-electron chi connectivity index (χ2n) is 3.18. The molecule has 0 aliphatic rings. The molecule has 4 N–H and O–H groups in total. The normalized spacial score (nSPS) is 10.5. The molecule has 0 bridgehead atoms. The molecule has 5 nitrogen and oxygen atoms in total. The molecule has 18 heavy (non-hydrogen) atoms. The Morgan fingerprint density at radius 2 is 1.50 bits per heavy atom. The van der Waals surface area contributed by atoms with Gasteiger partial charge in [-0.1, -0.05) is 0 Å². The van der Waals surface area contributed by atoms with Gasteiger partial charge in [0.2, 0.25) is 0 Å². The van der Waals surface area contributed by atoms with Crippen molar-refractivity contribution in [1.29, 1.82) is 0 Å². The number of hydrogen-bond acceptors (Lipinski definition) is 5. The van der Waals surface area contributed by atoms with Gasteiger partial charge in [-0.05, 0) is 0 Å². The van der Waals surface area contributed by atoms with Gasteiger partial charge in [0.15, 0.2) is 0 Å². The van der Waals surface area contributed by atoms with Crippen LogP contribution in [0.1, 0.15) is 0 Å². The van der Waals surface area contributed by atoms with Crippen LogP contribution in [0.25, 0.3) is 0 Å². The summed E-state index contributed by atoms with van der Waals surface area (Å²) in [6.45, 7) is 0. The first-order valence-corrected chi connectivity index (χ1v) is 12.3. The van der Waals surface area contributed by atoms with Crippen molar-refractivity contribution in [3.05, 3.63) is 24.3 Å². The van der Waals surface area contributed by atoms with Gasteiger partial charge >= 0.3 is 116 Å². The molecule has 0 atom stereocenters. The van der Waals surface area contributed by atoms with Crippen molar-refractivity contribution < 1.29 is 19.8 Å². The number of nitrogens with two attached hydrogens (primary N) is 1. The average molecular weight is 349 g/mol. The predicted octanol–water partition coefficient (Wildman–Crippen LogP) is 0.600. The molecule has 0 amide bonds. The number of nitrogen functional groups attached to an aromatic ring is 1. The first kappa shape index (κ1) is 15.3. The summed E-state index contributed by atoms with van der Waals surface area (Å²) < 4.78 is 1.01. The van der Waals surface area contributed by atoms with Crippen LogP contribution >= 0.6 is 20.0 Å². The van der Waals surface area contributed by atoms with Gasteiger partial charge in [-0.25, -0.2) is 0 Å². The number of carboxylic acids is 2. The molecule has 0 fully saturated rings. The van der Waals surface area contributed by atoms with Crippen LogP contribution in [0.5, 0.6) is 0 Å². The van der Waals surface area contributed by atoms with Gasteiger partial charge in [-0.15, -0.1) is 0 Å². The number of anilines is 1. The van der Waals surface area contributed by atoms with Crippen LogP contribution in [0, 0.1) is 0 Å². The second kappa shape index (κ2) is 7.61. The molecule has 0 unspecified atom stereocenters. The van der Waals surface area contributed by atoms with Crippen molar-refractivity contribution in [2.24, 2.45) is 0 Å². The number of carbonyl (C=O) groups is 2. The van der Waals surface area contributed by atoms with Gasteiger partial charge in [0.25, 0.3) is 0 Å². The Bertz CT molecular complexity index is 408. The van der Waals surface area contributed by atoms with E-state index in [4.69, 9.17) is 15.9 Å². The summed E-state index contributed by atoms with van der Waals surface area (Å²) in [7, 11) is 2.67. The van der Waals surface area contributed by atoms with E-state index in [0.717, 1.165) is 4.35 Å². The first-order chi connectivity index (χ1) is 8.49. The van der Waals surface area contributed by atoms with Crippen LogP contribution in [0.4, 0.5) is 5.69 Å². The van der Waals surface area contributed by atoms with Gasteiger partial charge in [0, 0.05) is 0 Å². The summed E-state index contributed by atoms with van der Waals surface area (Å²) in [4.78, 5) is 21.2. The number of benzene rings is 1. The van der Waals surface area contributed by atoms with Crippen molar-refractivity contribution in [2.45, 2.75) is 0 Å². The Hall–Kier alpha value is -0.782. The molecular weight excluding hydrogens is 337 g/mol. The molecule has 0 aliphatic carbocycles. The number of carboxylic acid groups (broad SMARTS) is 2. The Morgan fingerprint density at radius 1 is 1.06 bits per heavy atom. The minimum absolute atomic E-state index is 0.00298. The van der Waals surface area contributed by atoms with E-state index in [1.165, 1.54) is 20.0 Å². The van der Waals surface area contributed by atoms with E-state index in [-0.39, 0.29) is 11.5 Å². The van der Waals surface area contributed by atoms with Crippen LogP contribution in [-0.4, -0.2) is 46.0 Å². The van der Waals surface area contributed by atoms with E-state index >= 15 is 0 Å². The molecule has 1 rings (SSSR count). The fourth-order valence-electron chi connectivity index (χ4n) is 1.01. The quantitative estimate of drug-likeness (QED) is 0.489. The van der Waals surface area contributed by atoms with E-state index in [1.807, 2.05) is 12.1 Å².